The molecule has 0 unspecified atom stereocenters. The fourth-order valence-corrected chi connectivity index (χ4v) is 10.5. The van der Waals surface area contributed by atoms with E-state index in [1.807, 2.05) is 61.5 Å². The monoisotopic (exact) mass is 939 g/mol. The number of hydrogen-bond acceptors (Lipinski definition) is 12. The number of carboxylic acid groups (broad SMARTS) is 1. The average Bonchev–Trinajstić information content (AvgIpc) is 3.49. The third-order valence-electron chi connectivity index (χ3n) is 11.4. The van der Waals surface area contributed by atoms with Crippen molar-refractivity contribution in [2.75, 3.05) is 36.0 Å². The minimum Gasteiger partial charge on any atom is -0.748 e. The van der Waals surface area contributed by atoms with Crippen LogP contribution in [-0.2, 0) is 56.1 Å². The number of fused-ring (bicyclic) bond motifs is 2. The minimum absolute atomic E-state index is 0.0891. The molecule has 2 heterocycles. The van der Waals surface area contributed by atoms with E-state index in [2.05, 4.69) is 5.32 Å². The Hall–Kier alpha value is -4.22. The summed E-state index contributed by atoms with van der Waals surface area (Å²) in [6.45, 7) is 8.24. The number of nitrogens with one attached hydrogen (secondary N) is 1. The first kappa shape index (κ1) is 48.8. The average molecular weight is 940 g/mol. The van der Waals surface area contributed by atoms with Crippen LogP contribution in [0.3, 0.4) is 0 Å². The first-order valence-corrected chi connectivity index (χ1v) is 26.0. The second-order valence-electron chi connectivity index (χ2n) is 16.6. The molecule has 0 aromatic heterocycles. The molecule has 0 atom stereocenters. The van der Waals surface area contributed by atoms with Gasteiger partial charge in [-0.1, -0.05) is 26.0 Å². The van der Waals surface area contributed by atoms with Crippen LogP contribution in [0.15, 0.2) is 93.0 Å². The van der Waals surface area contributed by atoms with Crippen molar-refractivity contribution in [3.63, 3.8) is 0 Å². The van der Waals surface area contributed by atoms with Crippen LogP contribution in [0.2, 0.25) is 0 Å². The Morgan fingerprint density at radius 1 is 0.806 bits per heavy atom. The van der Waals surface area contributed by atoms with Crippen molar-refractivity contribution in [3.8, 4) is 0 Å². The molecule has 21 heteroatoms. The molecule has 1 aliphatic carbocycles. The lowest BCUT2D eigenvalue weighted by Gasteiger charge is -2.28. The van der Waals surface area contributed by atoms with Crippen molar-refractivity contribution >= 4 is 63.5 Å². The van der Waals surface area contributed by atoms with E-state index in [0.29, 0.717) is 66.8 Å². The maximum Gasteiger partial charge on any atom is 0.305 e. The van der Waals surface area contributed by atoms with Crippen molar-refractivity contribution in [3.05, 3.63) is 94.4 Å². The standard InChI is InChI=1S/C41H53N3O14S4/c1-40(2)32-26-30(61(53,54)55)14-16-34(32)43(22-5-7-24-59(47,48)49)36(40)18-12-28-10-9-11-29(39(28)42-21-20-38(45)46)13-19-37-41(3,4)33-27-31(62(56,57)58)15-17-35(33)44(37)23-6-8-25-60(50,51)52/h12-19,26-27H,5-11,20-25H2,1-4H3,(H5,45,46,47,48,49,50,51,52,53,54,55,56,57,58)/b28-12+,36-18+. The summed E-state index contributed by atoms with van der Waals surface area (Å²) in [5.74, 6) is -2.00. The number of carbonyl (C=O) groups is 1. The van der Waals surface area contributed by atoms with E-state index in [0.717, 1.165) is 22.6 Å². The fraction of sp³-hybridized carbons (Fsp3) is 0.463. The first-order chi connectivity index (χ1) is 28.6. The summed E-state index contributed by atoms with van der Waals surface area (Å²) < 4.78 is 136. The van der Waals surface area contributed by atoms with E-state index in [-0.39, 0.29) is 42.1 Å². The highest BCUT2D eigenvalue weighted by molar-refractivity contribution is 7.86. The van der Waals surface area contributed by atoms with Gasteiger partial charge in [0.1, 0.15) is 6.54 Å². The molecule has 62 heavy (non-hydrogen) atoms. The van der Waals surface area contributed by atoms with Gasteiger partial charge in [-0.25, -0.2) is 8.42 Å². The summed E-state index contributed by atoms with van der Waals surface area (Å²) in [7, 11) is -17.7. The van der Waals surface area contributed by atoms with E-state index in [9.17, 15) is 61.8 Å². The summed E-state index contributed by atoms with van der Waals surface area (Å²) in [4.78, 5) is 13.0. The van der Waals surface area contributed by atoms with Crippen LogP contribution in [0.1, 0.15) is 90.2 Å². The highest BCUT2D eigenvalue weighted by Gasteiger charge is 2.45. The zero-order valence-corrected chi connectivity index (χ0v) is 38.1. The normalized spacial score (nSPS) is 19.2. The molecule has 0 fully saturated rings. The zero-order valence-electron chi connectivity index (χ0n) is 34.9. The Morgan fingerprint density at radius 3 is 2.05 bits per heavy atom. The molecule has 5 rings (SSSR count). The van der Waals surface area contributed by atoms with E-state index >= 15 is 0 Å². The fourth-order valence-electron chi connectivity index (χ4n) is 8.35. The van der Waals surface area contributed by atoms with Crippen molar-refractivity contribution in [1.29, 1.82) is 0 Å². The molecule has 17 nitrogen and oxygen atoms in total. The molecule has 0 radical (unpaired) electrons. The van der Waals surface area contributed by atoms with Gasteiger partial charge in [-0.2, -0.15) is 29.8 Å². The van der Waals surface area contributed by atoms with Crippen LogP contribution in [-0.4, -0.2) is 104 Å². The van der Waals surface area contributed by atoms with Gasteiger partial charge in [0, 0.05) is 65.5 Å². The van der Waals surface area contributed by atoms with E-state index in [4.69, 9.17) is 0 Å². The van der Waals surface area contributed by atoms with E-state index in [1.54, 1.807) is 12.1 Å². The summed E-state index contributed by atoms with van der Waals surface area (Å²) >= 11 is 0. The third kappa shape index (κ3) is 11.7. The van der Waals surface area contributed by atoms with Gasteiger partial charge in [0.15, 0.2) is 5.71 Å². The Bertz CT molecular complexity index is 2730. The Kier molecular flexibility index (Phi) is 14.5. The molecule has 0 saturated heterocycles. The molecule has 0 bridgehead atoms. The lowest BCUT2D eigenvalue weighted by atomic mass is 9.81. The number of aliphatic carboxylic acids is 1. The number of nitrogens with zero attached hydrogens (tertiary/aromatic N) is 2. The third-order valence-corrected chi connectivity index (χ3v) is 14.7. The highest BCUT2D eigenvalue weighted by Crippen LogP contribution is 2.49. The molecule has 2 aromatic carbocycles. The van der Waals surface area contributed by atoms with Crippen LogP contribution in [0.25, 0.3) is 0 Å². The van der Waals surface area contributed by atoms with Crippen LogP contribution in [0.5, 0.6) is 0 Å². The number of hydrogen-bond donors (Lipinski definition) is 5. The van der Waals surface area contributed by atoms with Crippen molar-refractivity contribution < 1.29 is 66.4 Å². The number of allylic oxidation sites excluding steroid dienone is 7. The second kappa shape index (κ2) is 18.5. The van der Waals surface area contributed by atoms with Gasteiger partial charge in [-0.15, -0.1) is 0 Å². The van der Waals surface area contributed by atoms with Crippen molar-refractivity contribution in [1.82, 2.24) is 5.32 Å². The molecule has 2 aliphatic heterocycles. The summed E-state index contributed by atoms with van der Waals surface area (Å²) in [5, 5.41) is 12.8. The highest BCUT2D eigenvalue weighted by atomic mass is 32.2. The summed E-state index contributed by atoms with van der Waals surface area (Å²) in [6, 6.07) is 8.53. The van der Waals surface area contributed by atoms with Gasteiger partial charge in [0.25, 0.3) is 30.4 Å². The number of rotatable bonds is 19. The number of unbranched alkanes of at least 4 members (excludes halogenated alkanes) is 2. The van der Waals surface area contributed by atoms with Gasteiger partial charge >= 0.3 is 5.97 Å². The van der Waals surface area contributed by atoms with Crippen LogP contribution < -0.4 is 10.2 Å². The molecule has 340 valence electrons. The molecule has 0 saturated carbocycles. The van der Waals surface area contributed by atoms with Gasteiger partial charge in [-0.05, 0) is 105 Å². The Morgan fingerprint density at radius 2 is 1.44 bits per heavy atom. The number of benzene rings is 2. The largest absolute Gasteiger partial charge is 0.748 e. The van der Waals surface area contributed by atoms with Crippen LogP contribution >= 0.6 is 0 Å². The SMILES string of the molecule is CC1(C)C(/C=C/C2=C(NCCC(=O)O)C(=C/C=C3/N(CCCCS(=O)(=O)[O-])c4ccc(S(=O)(=O)O)cc4C3(C)C)/CCC2)=[N+](CCCCS(=O)(=O)O)c2ccc(S(=O)(=O)O)cc21. The van der Waals surface area contributed by atoms with E-state index < -0.39 is 68.8 Å². The molecule has 3 aliphatic rings. The van der Waals surface area contributed by atoms with Gasteiger partial charge in [-0.3, -0.25) is 18.5 Å². The van der Waals surface area contributed by atoms with Gasteiger partial charge < -0.3 is 19.9 Å². The van der Waals surface area contributed by atoms with Crippen molar-refractivity contribution in [2.24, 2.45) is 0 Å². The Balaban J connectivity index is 1.60. The van der Waals surface area contributed by atoms with Gasteiger partial charge in [0.2, 0.25) is 5.69 Å². The lowest BCUT2D eigenvalue weighted by Crippen LogP contribution is -2.28. The number of anilines is 1. The predicted molar refractivity (Wildman–Crippen MR) is 232 cm³/mol. The van der Waals surface area contributed by atoms with Gasteiger partial charge in [0.05, 0.1) is 37.5 Å². The Labute approximate surface area is 363 Å². The molecular weight excluding hydrogens is 887 g/mol. The topological polar surface area (TPSA) is 276 Å². The maximum atomic E-state index is 12.1. The molecule has 0 amide bonds. The zero-order chi connectivity index (χ0) is 46.1. The maximum absolute atomic E-state index is 12.1. The van der Waals surface area contributed by atoms with Crippen molar-refractivity contribution in [2.45, 2.75) is 99.7 Å². The lowest BCUT2D eigenvalue weighted by molar-refractivity contribution is -0.438. The quantitative estimate of drug-likeness (QED) is 0.0686. The summed E-state index contributed by atoms with van der Waals surface area (Å²) in [6.07, 6.45) is 10.2. The molecular formula is C41H53N3O14S4. The molecule has 0 spiro atoms. The smallest absolute Gasteiger partial charge is 0.305 e. The summed E-state index contributed by atoms with van der Waals surface area (Å²) in [5.41, 5.74) is 4.66. The van der Waals surface area contributed by atoms with E-state index in [1.165, 1.54) is 24.3 Å². The minimum atomic E-state index is -4.55. The number of carboxylic acids is 1. The molecule has 2 aromatic rings. The second-order valence-corrected chi connectivity index (χ2v) is 22.5. The predicted octanol–water partition coefficient (Wildman–Crippen LogP) is 5.22. The first-order valence-electron chi connectivity index (χ1n) is 19.9. The van der Waals surface area contributed by atoms with Crippen LogP contribution in [0, 0.1) is 0 Å². The van der Waals surface area contributed by atoms with Crippen LogP contribution in [0.4, 0.5) is 11.4 Å². The molecule has 5 N–H and O–H groups in total.